The molecule has 0 unspecified atom stereocenters. The van der Waals surface area contributed by atoms with E-state index in [1.165, 1.54) is 23.6 Å². The van der Waals surface area contributed by atoms with Gasteiger partial charge in [0.25, 0.3) is 0 Å². The van der Waals surface area contributed by atoms with E-state index in [1.807, 2.05) is 0 Å². The number of carbonyl (C=O) groups excluding carboxylic acids is 1. The Morgan fingerprint density at radius 2 is 2.26 bits per heavy atom. The van der Waals surface area contributed by atoms with E-state index < -0.39 is 0 Å². The van der Waals surface area contributed by atoms with Gasteiger partial charge in [-0.05, 0) is 18.1 Å². The Morgan fingerprint density at radius 1 is 1.48 bits per heavy atom. The first-order valence-electron chi connectivity index (χ1n) is 7.19. The van der Waals surface area contributed by atoms with Crippen molar-refractivity contribution in [1.29, 1.82) is 5.26 Å². The van der Waals surface area contributed by atoms with Crippen LogP contribution in [-0.4, -0.2) is 23.6 Å². The fourth-order valence-corrected chi connectivity index (χ4v) is 3.73. The van der Waals surface area contributed by atoms with Gasteiger partial charge >= 0.3 is 0 Å². The minimum absolute atomic E-state index is 0.0268. The maximum Gasteiger partial charge on any atom is 0.219 e. The lowest BCUT2D eigenvalue weighted by molar-refractivity contribution is -0.129. The molecule has 0 bridgehead atoms. The van der Waals surface area contributed by atoms with Gasteiger partial charge in [0.2, 0.25) is 5.91 Å². The molecular formula is C17H14FN3OS. The smallest absolute Gasteiger partial charge is 0.219 e. The summed E-state index contributed by atoms with van der Waals surface area (Å²) >= 11 is 1.40. The summed E-state index contributed by atoms with van der Waals surface area (Å²) in [7, 11) is 0. The number of hydrogen-bond donors (Lipinski definition) is 0. The molecule has 1 aliphatic rings. The van der Waals surface area contributed by atoms with Crippen molar-refractivity contribution < 1.29 is 9.18 Å². The van der Waals surface area contributed by atoms with E-state index in [2.05, 4.69) is 11.1 Å². The predicted molar refractivity (Wildman–Crippen MR) is 87.5 cm³/mol. The van der Waals surface area contributed by atoms with Crippen molar-refractivity contribution >= 4 is 28.5 Å². The van der Waals surface area contributed by atoms with E-state index >= 15 is 0 Å². The van der Waals surface area contributed by atoms with Gasteiger partial charge in [-0.25, -0.2) is 9.38 Å². The number of hydrogen-bond acceptors (Lipinski definition) is 4. The monoisotopic (exact) mass is 327 g/mol. The molecule has 2 heterocycles. The second kappa shape index (κ2) is 6.31. The van der Waals surface area contributed by atoms with Crippen LogP contribution in [0.1, 0.15) is 28.5 Å². The Labute approximate surface area is 137 Å². The van der Waals surface area contributed by atoms with Crippen molar-refractivity contribution in [1.82, 2.24) is 4.90 Å². The Morgan fingerprint density at radius 3 is 2.96 bits per heavy atom. The van der Waals surface area contributed by atoms with Gasteiger partial charge in [0.15, 0.2) is 0 Å². The molecule has 1 aromatic heterocycles. The quantitative estimate of drug-likeness (QED) is 0.794. The molecule has 1 amide bonds. The third-order valence-corrected chi connectivity index (χ3v) is 4.95. The minimum Gasteiger partial charge on any atom is -0.337 e. The third kappa shape index (κ3) is 3.01. The first kappa shape index (κ1) is 15.4. The lowest BCUT2D eigenvalue weighted by atomic mass is 10.0. The van der Waals surface area contributed by atoms with Gasteiger partial charge in [0.1, 0.15) is 16.9 Å². The summed E-state index contributed by atoms with van der Waals surface area (Å²) in [6.07, 6.45) is 2.10. The largest absolute Gasteiger partial charge is 0.337 e. The van der Waals surface area contributed by atoms with Crippen molar-refractivity contribution in [3.63, 3.8) is 0 Å². The van der Waals surface area contributed by atoms with Crippen LogP contribution < -0.4 is 0 Å². The van der Waals surface area contributed by atoms with Crippen LogP contribution in [-0.2, 0) is 17.8 Å². The Bertz CT molecular complexity index is 835. The summed E-state index contributed by atoms with van der Waals surface area (Å²) in [5, 5.41) is 9.99. The van der Waals surface area contributed by atoms with Gasteiger partial charge in [-0.1, -0.05) is 18.2 Å². The topological polar surface area (TPSA) is 56.5 Å². The number of fused-ring (bicyclic) bond motifs is 1. The zero-order chi connectivity index (χ0) is 16.4. The van der Waals surface area contributed by atoms with Crippen LogP contribution in [0.5, 0.6) is 0 Å². The molecule has 2 aromatic rings. The summed E-state index contributed by atoms with van der Waals surface area (Å²) in [4.78, 5) is 18.6. The summed E-state index contributed by atoms with van der Waals surface area (Å²) in [5.74, 6) is -0.321. The number of amides is 1. The summed E-state index contributed by atoms with van der Waals surface area (Å²) in [5.41, 5.74) is 1.89. The number of nitriles is 1. The molecule has 0 atom stereocenters. The van der Waals surface area contributed by atoms with Crippen molar-refractivity contribution in [3.05, 3.63) is 51.7 Å². The molecule has 4 nitrogen and oxygen atoms in total. The predicted octanol–water partition coefficient (Wildman–Crippen LogP) is 3.41. The zero-order valence-corrected chi connectivity index (χ0v) is 13.4. The van der Waals surface area contributed by atoms with E-state index in [0.29, 0.717) is 35.6 Å². The average Bonchev–Trinajstić information content (AvgIpc) is 2.90. The minimum atomic E-state index is -0.348. The Kier molecular flexibility index (Phi) is 4.22. The zero-order valence-electron chi connectivity index (χ0n) is 12.5. The molecule has 0 fully saturated rings. The van der Waals surface area contributed by atoms with Gasteiger partial charge in [-0.2, -0.15) is 5.26 Å². The Hall–Kier alpha value is -2.52. The molecule has 0 spiro atoms. The normalized spacial score (nSPS) is 13.9. The van der Waals surface area contributed by atoms with Crippen LogP contribution in [0.4, 0.5) is 9.39 Å². The van der Waals surface area contributed by atoms with E-state index in [4.69, 9.17) is 0 Å². The van der Waals surface area contributed by atoms with Crippen LogP contribution in [0.2, 0.25) is 0 Å². The fraction of sp³-hybridized carbons (Fsp3) is 0.235. The molecule has 23 heavy (non-hydrogen) atoms. The molecule has 3 rings (SSSR count). The average molecular weight is 327 g/mol. The van der Waals surface area contributed by atoms with Crippen LogP contribution in [0.3, 0.4) is 0 Å². The molecule has 6 heteroatoms. The lowest BCUT2D eigenvalue weighted by Gasteiger charge is -2.25. The number of aliphatic imine (C=N–C) groups is 1. The van der Waals surface area contributed by atoms with E-state index in [9.17, 15) is 14.4 Å². The molecule has 0 saturated heterocycles. The molecule has 0 aliphatic carbocycles. The molecule has 1 aromatic carbocycles. The molecular weight excluding hydrogens is 313 g/mol. The van der Waals surface area contributed by atoms with Crippen LogP contribution in [0, 0.1) is 17.1 Å². The first-order chi connectivity index (χ1) is 11.1. The Balaban J connectivity index is 1.94. The van der Waals surface area contributed by atoms with Gasteiger partial charge in [0, 0.05) is 30.1 Å². The maximum atomic E-state index is 13.6. The van der Waals surface area contributed by atoms with E-state index in [-0.39, 0.29) is 11.7 Å². The number of halogens is 1. The number of rotatable bonds is 2. The van der Waals surface area contributed by atoms with Gasteiger partial charge in [0.05, 0.1) is 12.1 Å². The highest BCUT2D eigenvalue weighted by Gasteiger charge is 2.25. The number of benzene rings is 1. The molecule has 0 saturated carbocycles. The summed E-state index contributed by atoms with van der Waals surface area (Å²) in [6.45, 7) is 2.67. The second-order valence-electron chi connectivity index (χ2n) is 5.27. The highest BCUT2D eigenvalue weighted by Crippen LogP contribution is 2.38. The van der Waals surface area contributed by atoms with Crippen LogP contribution in [0.25, 0.3) is 0 Å². The van der Waals surface area contributed by atoms with Crippen LogP contribution >= 0.6 is 11.3 Å². The molecule has 0 N–H and O–H groups in total. The van der Waals surface area contributed by atoms with Gasteiger partial charge in [-0.3, -0.25) is 4.79 Å². The SMILES string of the molecule is CC(=O)N1CCc2c(sc(N=Cc3ccccc3F)c2C#N)C1. The van der Waals surface area contributed by atoms with Crippen molar-refractivity contribution in [2.75, 3.05) is 6.54 Å². The molecule has 1 aliphatic heterocycles. The summed E-state index contributed by atoms with van der Waals surface area (Å²) < 4.78 is 13.6. The fourth-order valence-electron chi connectivity index (χ4n) is 2.57. The van der Waals surface area contributed by atoms with Crippen molar-refractivity contribution in [2.24, 2.45) is 4.99 Å². The number of thiophene rings is 1. The number of carbonyl (C=O) groups is 1. The third-order valence-electron chi connectivity index (χ3n) is 3.82. The van der Waals surface area contributed by atoms with Gasteiger partial charge < -0.3 is 4.90 Å². The van der Waals surface area contributed by atoms with Gasteiger partial charge in [-0.15, -0.1) is 11.3 Å². The lowest BCUT2D eigenvalue weighted by Crippen LogP contribution is -2.33. The van der Waals surface area contributed by atoms with E-state index in [0.717, 1.165) is 10.4 Å². The van der Waals surface area contributed by atoms with Crippen molar-refractivity contribution in [2.45, 2.75) is 19.9 Å². The first-order valence-corrected chi connectivity index (χ1v) is 8.00. The molecule has 0 radical (unpaired) electrons. The molecule has 116 valence electrons. The standard InChI is InChI=1S/C17H14FN3OS/c1-11(22)21-7-6-13-14(8-19)17(23-16(13)10-21)20-9-12-4-2-3-5-15(12)18/h2-5,9H,6-7,10H2,1H3. The van der Waals surface area contributed by atoms with E-state index in [1.54, 1.807) is 30.0 Å². The summed E-state index contributed by atoms with van der Waals surface area (Å²) in [6, 6.07) is 8.56. The highest BCUT2D eigenvalue weighted by molar-refractivity contribution is 7.16. The van der Waals surface area contributed by atoms with Crippen molar-refractivity contribution in [3.8, 4) is 6.07 Å². The highest BCUT2D eigenvalue weighted by atomic mass is 32.1. The number of nitrogens with zero attached hydrogens (tertiary/aromatic N) is 3. The maximum absolute atomic E-state index is 13.6. The second-order valence-corrected chi connectivity index (χ2v) is 6.35. The van der Waals surface area contributed by atoms with Crippen LogP contribution in [0.15, 0.2) is 29.3 Å².